The topological polar surface area (TPSA) is 145 Å². The van der Waals surface area contributed by atoms with Gasteiger partial charge in [0, 0.05) is 6.42 Å². The molecule has 0 fully saturated rings. The number of thiophene rings is 1. The summed E-state index contributed by atoms with van der Waals surface area (Å²) in [5.41, 5.74) is 0. The number of nitrogens with one attached hydrogen (secondary N) is 1. The molecule has 1 rings (SSSR count). The van der Waals surface area contributed by atoms with Crippen molar-refractivity contribution in [3.63, 3.8) is 0 Å². The zero-order valence-corrected chi connectivity index (χ0v) is 12.3. The Labute approximate surface area is 124 Å². The quantitative estimate of drug-likeness (QED) is 0.632. The van der Waals surface area contributed by atoms with Crippen molar-refractivity contribution in [2.24, 2.45) is 0 Å². The number of nitriles is 1. The second kappa shape index (κ2) is 7.16. The molecule has 1 aromatic heterocycles. The van der Waals surface area contributed by atoms with Crippen LogP contribution in [0.15, 0.2) is 16.3 Å². The maximum Gasteiger partial charge on any atom is 0.321 e. The van der Waals surface area contributed by atoms with Crippen molar-refractivity contribution >= 4 is 33.3 Å². The number of carbonyl (C=O) groups is 2. The number of nitrogens with zero attached hydrogens (tertiary/aromatic N) is 1. The predicted molar refractivity (Wildman–Crippen MR) is 72.3 cm³/mol. The third-order valence-corrected chi connectivity index (χ3v) is 5.39. The van der Waals surface area contributed by atoms with Crippen LogP contribution in [0.1, 0.15) is 24.1 Å². The number of aliphatic carboxylic acids is 2. The lowest BCUT2D eigenvalue weighted by molar-refractivity contribution is -0.140. The summed E-state index contributed by atoms with van der Waals surface area (Å²) in [5.74, 6) is -2.47. The number of carboxylic acid groups (broad SMARTS) is 2. The zero-order valence-electron chi connectivity index (χ0n) is 10.6. The van der Waals surface area contributed by atoms with Crippen LogP contribution in [-0.4, -0.2) is 36.6 Å². The number of sulfonamides is 1. The maximum atomic E-state index is 12.0. The molecule has 8 nitrogen and oxygen atoms in total. The molecule has 0 bridgehead atoms. The van der Waals surface area contributed by atoms with E-state index in [-0.39, 0.29) is 28.3 Å². The van der Waals surface area contributed by atoms with Crippen LogP contribution >= 0.6 is 11.3 Å². The Balaban J connectivity index is 2.80. The van der Waals surface area contributed by atoms with E-state index < -0.39 is 28.0 Å². The van der Waals surface area contributed by atoms with E-state index >= 15 is 0 Å². The fourth-order valence-electron chi connectivity index (χ4n) is 1.46. The van der Waals surface area contributed by atoms with Gasteiger partial charge in [0.15, 0.2) is 0 Å². The normalized spacial score (nSPS) is 12.5. The number of carboxylic acids is 2. The van der Waals surface area contributed by atoms with Gasteiger partial charge in [0.05, 0.1) is 0 Å². The highest BCUT2D eigenvalue weighted by molar-refractivity contribution is 7.91. The Kier molecular flexibility index (Phi) is 5.83. The van der Waals surface area contributed by atoms with Crippen molar-refractivity contribution in [2.45, 2.75) is 29.5 Å². The molecule has 1 atom stereocenters. The fraction of sp³-hybridized carbons (Fsp3) is 0.364. The van der Waals surface area contributed by atoms with Gasteiger partial charge in [0.2, 0.25) is 0 Å². The monoisotopic (exact) mass is 332 g/mol. The first-order valence-corrected chi connectivity index (χ1v) is 8.03. The van der Waals surface area contributed by atoms with Gasteiger partial charge >= 0.3 is 11.9 Å². The van der Waals surface area contributed by atoms with Crippen LogP contribution in [0.2, 0.25) is 0 Å². The summed E-state index contributed by atoms with van der Waals surface area (Å²) >= 11 is 0.724. The van der Waals surface area contributed by atoms with E-state index in [4.69, 9.17) is 15.5 Å². The molecule has 0 amide bonds. The third-order valence-electron chi connectivity index (χ3n) is 2.44. The van der Waals surface area contributed by atoms with Gasteiger partial charge in [-0.3, -0.25) is 9.59 Å². The van der Waals surface area contributed by atoms with E-state index in [1.54, 1.807) is 6.07 Å². The van der Waals surface area contributed by atoms with Crippen LogP contribution in [0, 0.1) is 11.3 Å². The molecule has 114 valence electrons. The van der Waals surface area contributed by atoms with E-state index in [0.717, 1.165) is 11.3 Å². The Morgan fingerprint density at radius 3 is 2.52 bits per heavy atom. The lowest BCUT2D eigenvalue weighted by Crippen LogP contribution is -2.40. The molecule has 0 saturated heterocycles. The second-order valence-electron chi connectivity index (χ2n) is 4.03. The third kappa shape index (κ3) is 5.14. The average Bonchev–Trinajstić information content (AvgIpc) is 2.86. The van der Waals surface area contributed by atoms with Gasteiger partial charge in [-0.25, -0.2) is 8.42 Å². The molecule has 0 unspecified atom stereocenters. The van der Waals surface area contributed by atoms with Crippen LogP contribution in [0.4, 0.5) is 0 Å². The van der Waals surface area contributed by atoms with Gasteiger partial charge in [0.25, 0.3) is 10.0 Å². The molecule has 1 aromatic rings. The van der Waals surface area contributed by atoms with Crippen LogP contribution in [0.25, 0.3) is 0 Å². The number of hydrogen-bond acceptors (Lipinski definition) is 6. The number of rotatable bonds is 8. The number of hydrogen-bond donors (Lipinski definition) is 3. The second-order valence-corrected chi connectivity index (χ2v) is 7.05. The first kappa shape index (κ1) is 17.1. The predicted octanol–water partition coefficient (Wildman–Crippen LogP) is 0.606. The molecule has 0 aliphatic heterocycles. The minimum absolute atomic E-state index is 0.0305. The van der Waals surface area contributed by atoms with Crippen LogP contribution < -0.4 is 4.72 Å². The maximum absolute atomic E-state index is 12.0. The van der Waals surface area contributed by atoms with Crippen molar-refractivity contribution in [1.29, 1.82) is 5.26 Å². The largest absolute Gasteiger partial charge is 0.481 e. The summed E-state index contributed by atoms with van der Waals surface area (Å²) in [6.07, 6.45) is -0.358. The van der Waals surface area contributed by atoms with Gasteiger partial charge in [0.1, 0.15) is 21.2 Å². The van der Waals surface area contributed by atoms with E-state index in [1.165, 1.54) is 12.1 Å². The summed E-state index contributed by atoms with van der Waals surface area (Å²) < 4.78 is 25.8. The molecule has 1 heterocycles. The van der Waals surface area contributed by atoms with Crippen molar-refractivity contribution in [2.75, 3.05) is 0 Å². The SMILES string of the molecule is N#Cc1ccc(S(=O)(=O)N[C@H](CCCC(=O)O)C(=O)O)s1. The van der Waals surface area contributed by atoms with E-state index in [2.05, 4.69) is 0 Å². The van der Waals surface area contributed by atoms with Crippen molar-refractivity contribution in [3.05, 3.63) is 17.0 Å². The molecule has 0 saturated carbocycles. The minimum Gasteiger partial charge on any atom is -0.481 e. The Hall–Kier alpha value is -1.96. The lowest BCUT2D eigenvalue weighted by Gasteiger charge is -2.13. The molecule has 0 aliphatic carbocycles. The Bertz CT molecular complexity index is 673. The molecule has 0 aromatic carbocycles. The Morgan fingerprint density at radius 2 is 2.05 bits per heavy atom. The standard InChI is InChI=1S/C11H12N2O6S2/c12-6-7-4-5-10(20-7)21(18,19)13-8(11(16)17)2-1-3-9(14)15/h4-5,8,13H,1-3H2,(H,14,15)(H,16,17)/t8-/m1/s1. The lowest BCUT2D eigenvalue weighted by atomic mass is 10.1. The fourth-order valence-corrected chi connectivity index (χ4v) is 3.80. The van der Waals surface area contributed by atoms with E-state index in [1.807, 2.05) is 4.72 Å². The summed E-state index contributed by atoms with van der Waals surface area (Å²) in [6.45, 7) is 0. The highest BCUT2D eigenvalue weighted by Gasteiger charge is 2.26. The molecule has 0 aliphatic rings. The summed E-state index contributed by atoms with van der Waals surface area (Å²) in [5, 5.41) is 26.1. The average molecular weight is 332 g/mol. The molecule has 10 heteroatoms. The van der Waals surface area contributed by atoms with E-state index in [0.29, 0.717) is 0 Å². The van der Waals surface area contributed by atoms with Crippen LogP contribution in [0.5, 0.6) is 0 Å². The highest BCUT2D eigenvalue weighted by atomic mass is 32.2. The van der Waals surface area contributed by atoms with Gasteiger partial charge in [-0.1, -0.05) is 0 Å². The van der Waals surface area contributed by atoms with Crippen molar-refractivity contribution in [3.8, 4) is 6.07 Å². The van der Waals surface area contributed by atoms with Crippen LogP contribution in [-0.2, 0) is 19.6 Å². The molecule has 21 heavy (non-hydrogen) atoms. The summed E-state index contributed by atoms with van der Waals surface area (Å²) in [7, 11) is -4.06. The van der Waals surface area contributed by atoms with Gasteiger partial charge in [-0.2, -0.15) is 9.98 Å². The zero-order chi connectivity index (χ0) is 16.0. The first-order chi connectivity index (χ1) is 9.76. The van der Waals surface area contributed by atoms with E-state index in [9.17, 15) is 18.0 Å². The smallest absolute Gasteiger partial charge is 0.321 e. The first-order valence-electron chi connectivity index (χ1n) is 5.73. The van der Waals surface area contributed by atoms with Crippen molar-refractivity contribution in [1.82, 2.24) is 4.72 Å². The van der Waals surface area contributed by atoms with Gasteiger partial charge in [-0.15, -0.1) is 11.3 Å². The van der Waals surface area contributed by atoms with Crippen LogP contribution in [0.3, 0.4) is 0 Å². The Morgan fingerprint density at radius 1 is 1.38 bits per heavy atom. The van der Waals surface area contributed by atoms with Gasteiger partial charge in [-0.05, 0) is 25.0 Å². The minimum atomic E-state index is -4.06. The molecule has 0 spiro atoms. The molecule has 3 N–H and O–H groups in total. The summed E-state index contributed by atoms with van der Waals surface area (Å²) in [6, 6.07) is 2.90. The van der Waals surface area contributed by atoms with Crippen molar-refractivity contribution < 1.29 is 28.2 Å². The highest BCUT2D eigenvalue weighted by Crippen LogP contribution is 2.21. The van der Waals surface area contributed by atoms with Gasteiger partial charge < -0.3 is 10.2 Å². The molecular weight excluding hydrogens is 320 g/mol. The molecule has 0 radical (unpaired) electrons. The molecular formula is C11H12N2O6S2. The summed E-state index contributed by atoms with van der Waals surface area (Å²) in [4.78, 5) is 21.6.